The summed E-state index contributed by atoms with van der Waals surface area (Å²) in [4.78, 5) is 14.6. The van der Waals surface area contributed by atoms with Crippen LogP contribution in [-0.2, 0) is 13.1 Å². The standard InChI is InChI=1S/C25H23N3O2/c1-27(17-21-16-26-28(19-21)18-20-9-4-2-5-10-20)25(29)22-11-8-14-24(15-22)30-23-12-6-3-7-13-23/h2-16,19H,17-18H2,1H3. The number of benzene rings is 3. The molecule has 0 aliphatic heterocycles. The van der Waals surface area contributed by atoms with Gasteiger partial charge in [-0.05, 0) is 35.9 Å². The summed E-state index contributed by atoms with van der Waals surface area (Å²) in [5.41, 5.74) is 2.76. The Bertz CT molecular complexity index is 1110. The third kappa shape index (κ3) is 4.94. The third-order valence-electron chi connectivity index (χ3n) is 4.70. The molecule has 3 aromatic carbocycles. The van der Waals surface area contributed by atoms with E-state index >= 15 is 0 Å². The molecular formula is C25H23N3O2. The minimum Gasteiger partial charge on any atom is -0.457 e. The average Bonchev–Trinajstić information content (AvgIpc) is 3.21. The predicted octanol–water partition coefficient (Wildman–Crippen LogP) is 5.00. The Hall–Kier alpha value is -3.86. The minimum absolute atomic E-state index is 0.0654. The van der Waals surface area contributed by atoms with E-state index in [4.69, 9.17) is 4.74 Å². The van der Waals surface area contributed by atoms with Gasteiger partial charge in [0.2, 0.25) is 0 Å². The maximum absolute atomic E-state index is 12.9. The molecule has 0 N–H and O–H groups in total. The second-order valence-corrected chi connectivity index (χ2v) is 7.14. The monoisotopic (exact) mass is 397 g/mol. The molecule has 4 rings (SSSR count). The number of nitrogens with zero attached hydrogens (tertiary/aromatic N) is 3. The molecule has 5 heteroatoms. The molecule has 4 aromatic rings. The van der Waals surface area contributed by atoms with Gasteiger partial charge in [-0.15, -0.1) is 0 Å². The first-order valence-corrected chi connectivity index (χ1v) is 9.81. The van der Waals surface area contributed by atoms with E-state index in [1.807, 2.05) is 77.7 Å². The summed E-state index contributed by atoms with van der Waals surface area (Å²) in [5.74, 6) is 1.31. The minimum atomic E-state index is -0.0654. The summed E-state index contributed by atoms with van der Waals surface area (Å²) in [6.45, 7) is 1.19. The highest BCUT2D eigenvalue weighted by molar-refractivity contribution is 5.94. The molecule has 0 aliphatic rings. The maximum atomic E-state index is 12.9. The molecule has 1 amide bonds. The summed E-state index contributed by atoms with van der Waals surface area (Å²) < 4.78 is 7.73. The number of amides is 1. The van der Waals surface area contributed by atoms with Gasteiger partial charge in [0.1, 0.15) is 11.5 Å². The summed E-state index contributed by atoms with van der Waals surface area (Å²) in [5, 5.41) is 4.42. The van der Waals surface area contributed by atoms with E-state index in [-0.39, 0.29) is 5.91 Å². The Labute approximate surface area is 176 Å². The van der Waals surface area contributed by atoms with E-state index in [0.29, 0.717) is 24.4 Å². The quantitative estimate of drug-likeness (QED) is 0.441. The molecule has 0 fully saturated rings. The van der Waals surface area contributed by atoms with E-state index in [1.54, 1.807) is 24.1 Å². The zero-order valence-corrected chi connectivity index (χ0v) is 16.8. The Morgan fingerprint density at radius 2 is 1.60 bits per heavy atom. The zero-order valence-electron chi connectivity index (χ0n) is 16.8. The van der Waals surface area contributed by atoms with Crippen LogP contribution >= 0.6 is 0 Å². The van der Waals surface area contributed by atoms with Gasteiger partial charge < -0.3 is 9.64 Å². The van der Waals surface area contributed by atoms with Gasteiger partial charge in [0.05, 0.1) is 12.7 Å². The van der Waals surface area contributed by atoms with Crippen LogP contribution in [0.3, 0.4) is 0 Å². The molecule has 0 unspecified atom stereocenters. The van der Waals surface area contributed by atoms with Crippen LogP contribution in [0.1, 0.15) is 21.5 Å². The van der Waals surface area contributed by atoms with E-state index in [1.165, 1.54) is 5.56 Å². The SMILES string of the molecule is CN(Cc1cnn(Cc2ccccc2)c1)C(=O)c1cccc(Oc2ccccc2)c1. The highest BCUT2D eigenvalue weighted by atomic mass is 16.5. The van der Waals surface area contributed by atoms with Crippen LogP contribution in [-0.4, -0.2) is 27.6 Å². The van der Waals surface area contributed by atoms with Crippen molar-refractivity contribution in [1.29, 1.82) is 0 Å². The largest absolute Gasteiger partial charge is 0.457 e. The van der Waals surface area contributed by atoms with Gasteiger partial charge in [-0.1, -0.05) is 54.6 Å². The van der Waals surface area contributed by atoms with Gasteiger partial charge in [0, 0.05) is 30.9 Å². The van der Waals surface area contributed by atoms with Gasteiger partial charge in [-0.25, -0.2) is 0 Å². The normalized spacial score (nSPS) is 10.6. The van der Waals surface area contributed by atoms with Crippen LogP contribution in [0.2, 0.25) is 0 Å². The number of aromatic nitrogens is 2. The molecule has 0 radical (unpaired) electrons. The zero-order chi connectivity index (χ0) is 20.8. The highest BCUT2D eigenvalue weighted by Crippen LogP contribution is 2.22. The van der Waals surface area contributed by atoms with Crippen molar-refractivity contribution < 1.29 is 9.53 Å². The summed E-state index contributed by atoms with van der Waals surface area (Å²) in [6.07, 6.45) is 3.79. The molecule has 5 nitrogen and oxygen atoms in total. The van der Waals surface area contributed by atoms with Crippen molar-refractivity contribution >= 4 is 5.91 Å². The molecule has 150 valence electrons. The summed E-state index contributed by atoms with van der Waals surface area (Å²) in [7, 11) is 1.79. The van der Waals surface area contributed by atoms with Crippen molar-refractivity contribution in [2.24, 2.45) is 0 Å². The number of carbonyl (C=O) groups is 1. The van der Waals surface area contributed by atoms with Crippen molar-refractivity contribution in [3.05, 3.63) is 114 Å². The van der Waals surface area contributed by atoms with Crippen LogP contribution < -0.4 is 4.74 Å². The lowest BCUT2D eigenvalue weighted by Crippen LogP contribution is -2.26. The molecule has 0 spiro atoms. The summed E-state index contributed by atoms with van der Waals surface area (Å²) >= 11 is 0. The number of hydrogen-bond acceptors (Lipinski definition) is 3. The second-order valence-electron chi connectivity index (χ2n) is 7.14. The molecule has 30 heavy (non-hydrogen) atoms. The lowest BCUT2D eigenvalue weighted by Gasteiger charge is -2.17. The fourth-order valence-corrected chi connectivity index (χ4v) is 3.23. The molecule has 0 bridgehead atoms. The number of rotatable bonds is 7. The van der Waals surface area contributed by atoms with E-state index in [9.17, 15) is 4.79 Å². The van der Waals surface area contributed by atoms with Crippen molar-refractivity contribution in [3.8, 4) is 11.5 Å². The topological polar surface area (TPSA) is 47.4 Å². The van der Waals surface area contributed by atoms with Crippen LogP contribution in [0, 0.1) is 0 Å². The van der Waals surface area contributed by atoms with Crippen LogP contribution in [0.25, 0.3) is 0 Å². The number of para-hydroxylation sites is 1. The van der Waals surface area contributed by atoms with E-state index < -0.39 is 0 Å². The Morgan fingerprint density at radius 3 is 2.37 bits per heavy atom. The molecule has 0 aliphatic carbocycles. The van der Waals surface area contributed by atoms with Crippen LogP contribution in [0.5, 0.6) is 11.5 Å². The van der Waals surface area contributed by atoms with Crippen LogP contribution in [0.15, 0.2) is 97.3 Å². The lowest BCUT2D eigenvalue weighted by atomic mass is 10.2. The first-order chi connectivity index (χ1) is 14.7. The van der Waals surface area contributed by atoms with Gasteiger partial charge in [-0.2, -0.15) is 5.10 Å². The highest BCUT2D eigenvalue weighted by Gasteiger charge is 2.14. The molecular weight excluding hydrogens is 374 g/mol. The second kappa shape index (κ2) is 9.09. The third-order valence-corrected chi connectivity index (χ3v) is 4.70. The maximum Gasteiger partial charge on any atom is 0.254 e. The van der Waals surface area contributed by atoms with Crippen molar-refractivity contribution in [3.63, 3.8) is 0 Å². The Balaban J connectivity index is 1.40. The smallest absolute Gasteiger partial charge is 0.254 e. The van der Waals surface area contributed by atoms with Gasteiger partial charge in [0.15, 0.2) is 0 Å². The molecule has 0 saturated heterocycles. The molecule has 1 heterocycles. The molecule has 0 saturated carbocycles. The Kier molecular flexibility index (Phi) is 5.90. The Morgan fingerprint density at radius 1 is 0.900 bits per heavy atom. The van der Waals surface area contributed by atoms with Gasteiger partial charge in [-0.3, -0.25) is 9.48 Å². The predicted molar refractivity (Wildman–Crippen MR) is 117 cm³/mol. The average molecular weight is 397 g/mol. The number of carbonyl (C=O) groups excluding carboxylic acids is 1. The van der Waals surface area contributed by atoms with E-state index in [2.05, 4.69) is 17.2 Å². The van der Waals surface area contributed by atoms with Crippen molar-refractivity contribution in [2.75, 3.05) is 7.05 Å². The fraction of sp³-hybridized carbons (Fsp3) is 0.120. The lowest BCUT2D eigenvalue weighted by molar-refractivity contribution is 0.0784. The molecule has 0 atom stereocenters. The van der Waals surface area contributed by atoms with Gasteiger partial charge in [0.25, 0.3) is 5.91 Å². The van der Waals surface area contributed by atoms with E-state index in [0.717, 1.165) is 11.3 Å². The van der Waals surface area contributed by atoms with Gasteiger partial charge >= 0.3 is 0 Å². The van der Waals surface area contributed by atoms with Crippen LogP contribution in [0.4, 0.5) is 0 Å². The summed E-state index contributed by atoms with van der Waals surface area (Å²) in [6, 6.07) is 26.9. The van der Waals surface area contributed by atoms with Crippen molar-refractivity contribution in [2.45, 2.75) is 13.1 Å². The number of hydrogen-bond donors (Lipinski definition) is 0. The first-order valence-electron chi connectivity index (χ1n) is 9.81. The molecule has 1 aromatic heterocycles. The fourth-order valence-electron chi connectivity index (χ4n) is 3.23. The first kappa shape index (κ1) is 19.5. The number of ether oxygens (including phenoxy) is 1. The van der Waals surface area contributed by atoms with Crippen molar-refractivity contribution in [1.82, 2.24) is 14.7 Å².